The van der Waals surface area contributed by atoms with E-state index in [1.165, 1.54) is 38.4 Å². The molecule has 21 heavy (non-hydrogen) atoms. The zero-order chi connectivity index (χ0) is 14.8. The molecule has 0 aliphatic carbocycles. The third kappa shape index (κ3) is 3.39. The molecule has 5 heteroatoms. The molecule has 2 unspecified atom stereocenters. The Balaban J connectivity index is 1.71. The number of benzene rings is 1. The van der Waals surface area contributed by atoms with Crippen LogP contribution < -0.4 is 5.73 Å². The van der Waals surface area contributed by atoms with Crippen molar-refractivity contribution in [1.82, 2.24) is 9.80 Å². The molecule has 3 rings (SSSR count). The minimum Gasteiger partial charge on any atom is -0.329 e. The lowest BCUT2D eigenvalue weighted by Crippen LogP contribution is -2.38. The lowest BCUT2D eigenvalue weighted by atomic mass is 10.1. The molecule has 0 aromatic heterocycles. The SMILES string of the molecule is NCC(c1cc(F)cc(Cl)c1)N1CCC(N2CCCC2)C1. The molecule has 2 atom stereocenters. The Kier molecular flexibility index (Phi) is 4.79. The first-order chi connectivity index (χ1) is 10.2. The molecule has 0 amide bonds. The van der Waals surface area contributed by atoms with Crippen LogP contribution in [0.5, 0.6) is 0 Å². The summed E-state index contributed by atoms with van der Waals surface area (Å²) < 4.78 is 13.6. The Morgan fingerprint density at radius 1 is 1.24 bits per heavy atom. The van der Waals surface area contributed by atoms with Crippen molar-refractivity contribution >= 4 is 11.6 Å². The molecule has 0 saturated carbocycles. The summed E-state index contributed by atoms with van der Waals surface area (Å²) in [6.45, 7) is 4.98. The number of hydrogen-bond donors (Lipinski definition) is 1. The molecular formula is C16H23ClFN3. The monoisotopic (exact) mass is 311 g/mol. The van der Waals surface area contributed by atoms with E-state index in [-0.39, 0.29) is 11.9 Å². The van der Waals surface area contributed by atoms with Crippen LogP contribution in [0.4, 0.5) is 4.39 Å². The lowest BCUT2D eigenvalue weighted by Gasteiger charge is -2.29. The Morgan fingerprint density at radius 2 is 2.00 bits per heavy atom. The van der Waals surface area contributed by atoms with E-state index in [0.717, 1.165) is 18.7 Å². The number of nitrogens with zero attached hydrogens (tertiary/aromatic N) is 2. The Bertz CT molecular complexity index is 470. The van der Waals surface area contributed by atoms with Gasteiger partial charge in [0.25, 0.3) is 0 Å². The van der Waals surface area contributed by atoms with Gasteiger partial charge in [-0.2, -0.15) is 0 Å². The fraction of sp³-hybridized carbons (Fsp3) is 0.625. The number of nitrogens with two attached hydrogens (primary N) is 1. The zero-order valence-electron chi connectivity index (χ0n) is 12.3. The highest BCUT2D eigenvalue weighted by molar-refractivity contribution is 6.30. The summed E-state index contributed by atoms with van der Waals surface area (Å²) in [6, 6.07) is 5.43. The van der Waals surface area contributed by atoms with Crippen LogP contribution in [0, 0.1) is 5.82 Å². The maximum atomic E-state index is 13.6. The molecule has 116 valence electrons. The van der Waals surface area contributed by atoms with Gasteiger partial charge in [0, 0.05) is 36.7 Å². The first kappa shape index (κ1) is 15.2. The second kappa shape index (κ2) is 6.61. The average molecular weight is 312 g/mol. The van der Waals surface area contributed by atoms with Gasteiger partial charge in [-0.3, -0.25) is 9.80 Å². The number of halogens is 2. The summed E-state index contributed by atoms with van der Waals surface area (Å²) in [6.07, 6.45) is 3.81. The fourth-order valence-corrected chi connectivity index (χ4v) is 3.95. The van der Waals surface area contributed by atoms with Crippen LogP contribution in [0.2, 0.25) is 5.02 Å². The lowest BCUT2D eigenvalue weighted by molar-refractivity contribution is 0.203. The van der Waals surface area contributed by atoms with Gasteiger partial charge >= 0.3 is 0 Å². The smallest absolute Gasteiger partial charge is 0.125 e. The minimum absolute atomic E-state index is 0.0609. The van der Waals surface area contributed by atoms with Gasteiger partial charge in [0.2, 0.25) is 0 Å². The third-order valence-electron chi connectivity index (χ3n) is 4.79. The maximum Gasteiger partial charge on any atom is 0.125 e. The van der Waals surface area contributed by atoms with E-state index in [0.29, 0.717) is 17.6 Å². The highest BCUT2D eigenvalue weighted by Crippen LogP contribution is 2.29. The van der Waals surface area contributed by atoms with Gasteiger partial charge in [-0.25, -0.2) is 4.39 Å². The zero-order valence-corrected chi connectivity index (χ0v) is 13.0. The normalized spacial score (nSPS) is 25.6. The van der Waals surface area contributed by atoms with E-state index in [1.807, 2.05) is 6.07 Å². The van der Waals surface area contributed by atoms with E-state index in [4.69, 9.17) is 17.3 Å². The van der Waals surface area contributed by atoms with E-state index in [2.05, 4.69) is 9.80 Å². The number of rotatable bonds is 4. The second-order valence-corrected chi connectivity index (χ2v) is 6.57. The molecule has 2 N–H and O–H groups in total. The van der Waals surface area contributed by atoms with Gasteiger partial charge in [0.05, 0.1) is 0 Å². The first-order valence-corrected chi connectivity index (χ1v) is 8.19. The minimum atomic E-state index is -0.286. The predicted molar refractivity (Wildman–Crippen MR) is 84.0 cm³/mol. The largest absolute Gasteiger partial charge is 0.329 e. The van der Waals surface area contributed by atoms with Gasteiger partial charge in [-0.05, 0) is 56.1 Å². The van der Waals surface area contributed by atoms with Crippen LogP contribution in [-0.2, 0) is 0 Å². The molecular weight excluding hydrogens is 289 g/mol. The van der Waals surface area contributed by atoms with Gasteiger partial charge in [-0.1, -0.05) is 11.6 Å². The van der Waals surface area contributed by atoms with Crippen LogP contribution in [0.15, 0.2) is 18.2 Å². The Labute approximate surface area is 130 Å². The summed E-state index contributed by atoms with van der Waals surface area (Å²) in [7, 11) is 0. The highest BCUT2D eigenvalue weighted by Gasteiger charge is 2.32. The summed E-state index contributed by atoms with van der Waals surface area (Å²) in [5.41, 5.74) is 6.86. The molecule has 2 fully saturated rings. The fourth-order valence-electron chi connectivity index (χ4n) is 3.72. The molecule has 0 spiro atoms. The molecule has 2 aliphatic rings. The van der Waals surface area contributed by atoms with Crippen molar-refractivity contribution in [1.29, 1.82) is 0 Å². The molecule has 0 bridgehead atoms. The van der Waals surface area contributed by atoms with Gasteiger partial charge in [0.1, 0.15) is 5.82 Å². The predicted octanol–water partition coefficient (Wildman–Crippen LogP) is 2.65. The van der Waals surface area contributed by atoms with Gasteiger partial charge in [0.15, 0.2) is 0 Å². The second-order valence-electron chi connectivity index (χ2n) is 6.13. The molecule has 2 aliphatic heterocycles. The molecule has 2 saturated heterocycles. The van der Waals surface area contributed by atoms with Crippen LogP contribution in [0.25, 0.3) is 0 Å². The van der Waals surface area contributed by atoms with E-state index in [1.54, 1.807) is 6.07 Å². The molecule has 1 aromatic rings. The van der Waals surface area contributed by atoms with E-state index < -0.39 is 0 Å². The summed E-state index contributed by atoms with van der Waals surface area (Å²) >= 11 is 5.98. The van der Waals surface area contributed by atoms with E-state index in [9.17, 15) is 4.39 Å². The van der Waals surface area contributed by atoms with E-state index >= 15 is 0 Å². The van der Waals surface area contributed by atoms with Crippen molar-refractivity contribution in [2.75, 3.05) is 32.7 Å². The van der Waals surface area contributed by atoms with Crippen molar-refractivity contribution in [3.63, 3.8) is 0 Å². The van der Waals surface area contributed by atoms with Crippen molar-refractivity contribution in [2.45, 2.75) is 31.3 Å². The molecule has 1 aromatic carbocycles. The molecule has 2 heterocycles. The van der Waals surface area contributed by atoms with Crippen molar-refractivity contribution in [3.05, 3.63) is 34.6 Å². The number of likely N-dealkylation sites (tertiary alicyclic amines) is 2. The Morgan fingerprint density at radius 3 is 2.67 bits per heavy atom. The van der Waals surface area contributed by atoms with Gasteiger partial charge in [-0.15, -0.1) is 0 Å². The van der Waals surface area contributed by atoms with Crippen LogP contribution in [0.3, 0.4) is 0 Å². The van der Waals surface area contributed by atoms with Crippen molar-refractivity contribution < 1.29 is 4.39 Å². The quantitative estimate of drug-likeness (QED) is 0.928. The third-order valence-corrected chi connectivity index (χ3v) is 5.00. The topological polar surface area (TPSA) is 32.5 Å². The van der Waals surface area contributed by atoms with Gasteiger partial charge < -0.3 is 5.73 Å². The van der Waals surface area contributed by atoms with Crippen LogP contribution in [0.1, 0.15) is 30.9 Å². The van der Waals surface area contributed by atoms with Crippen LogP contribution >= 0.6 is 11.6 Å². The summed E-state index contributed by atoms with van der Waals surface area (Å²) in [5.74, 6) is -0.286. The maximum absolute atomic E-state index is 13.6. The van der Waals surface area contributed by atoms with Crippen molar-refractivity contribution in [2.24, 2.45) is 5.73 Å². The first-order valence-electron chi connectivity index (χ1n) is 7.81. The highest BCUT2D eigenvalue weighted by atomic mass is 35.5. The van der Waals surface area contributed by atoms with Crippen LogP contribution in [-0.4, -0.2) is 48.6 Å². The molecule has 0 radical (unpaired) electrons. The molecule has 3 nitrogen and oxygen atoms in total. The standard InChI is InChI=1S/C16H23ClFN3/c17-13-7-12(8-14(18)9-13)16(10-19)21-6-3-15(11-21)20-4-1-2-5-20/h7-9,15-16H,1-6,10-11,19H2. The van der Waals surface area contributed by atoms with Crippen molar-refractivity contribution in [3.8, 4) is 0 Å². The Hall–Kier alpha value is -0.680. The average Bonchev–Trinajstić information content (AvgIpc) is 3.09. The number of hydrogen-bond acceptors (Lipinski definition) is 3. The summed E-state index contributed by atoms with van der Waals surface area (Å²) in [5, 5.41) is 0.443. The summed E-state index contributed by atoms with van der Waals surface area (Å²) in [4.78, 5) is 4.97.